The van der Waals surface area contributed by atoms with Crippen LogP contribution in [0.1, 0.15) is 34.5 Å². The lowest BCUT2D eigenvalue weighted by molar-refractivity contribution is -0.127. The number of hydrogen-bond acceptors (Lipinski definition) is 5. The number of nitrogens with two attached hydrogens (primary N) is 1. The van der Waals surface area contributed by atoms with Crippen molar-refractivity contribution in [2.45, 2.75) is 19.4 Å². The maximum Gasteiger partial charge on any atom is 0.226 e. The minimum atomic E-state index is -1.06. The summed E-state index contributed by atoms with van der Waals surface area (Å²) < 4.78 is 20.3. The molecule has 0 spiro atoms. The molecule has 0 radical (unpaired) electrons. The van der Waals surface area contributed by atoms with Gasteiger partial charge in [-0.05, 0) is 55.3 Å². The van der Waals surface area contributed by atoms with E-state index in [2.05, 4.69) is 10.2 Å². The number of carbonyl (C=O) groups is 2. The quantitative estimate of drug-likeness (QED) is 0.775. The molecule has 1 saturated heterocycles. The fourth-order valence-corrected chi connectivity index (χ4v) is 4.21. The van der Waals surface area contributed by atoms with Gasteiger partial charge in [-0.25, -0.2) is 4.39 Å². The van der Waals surface area contributed by atoms with Gasteiger partial charge in [0, 0.05) is 35.6 Å². The third-order valence-corrected chi connectivity index (χ3v) is 5.99. The van der Waals surface area contributed by atoms with Crippen molar-refractivity contribution in [2.24, 2.45) is 11.1 Å². The Kier molecular flexibility index (Phi) is 5.00. The normalized spacial score (nSPS) is 23.8. The van der Waals surface area contributed by atoms with Crippen molar-refractivity contribution >= 4 is 23.6 Å². The predicted molar refractivity (Wildman–Crippen MR) is 109 cm³/mol. The number of primary amides is 1. The molecule has 2 aromatic carbocycles. The van der Waals surface area contributed by atoms with E-state index in [9.17, 15) is 14.0 Å². The van der Waals surface area contributed by atoms with Crippen molar-refractivity contribution in [3.63, 3.8) is 0 Å². The number of benzene rings is 2. The largest absolute Gasteiger partial charge is 0.378 e. The number of carbonyl (C=O) groups excluding carboxylic acids is 2. The van der Waals surface area contributed by atoms with E-state index < -0.39 is 17.4 Å². The monoisotopic (exact) mass is 397 g/mol. The second-order valence-electron chi connectivity index (χ2n) is 7.88. The number of aldehydes is 1. The molecule has 152 valence electrons. The Morgan fingerprint density at radius 3 is 2.72 bits per heavy atom. The number of halogens is 1. The lowest BCUT2D eigenvalue weighted by Gasteiger charge is -2.42. The Morgan fingerprint density at radius 2 is 2.03 bits per heavy atom. The van der Waals surface area contributed by atoms with Gasteiger partial charge in [0.25, 0.3) is 0 Å². The Labute approximate surface area is 168 Å². The fraction of sp³-hybridized carbons (Fsp3) is 0.364. The summed E-state index contributed by atoms with van der Waals surface area (Å²) in [4.78, 5) is 25.8. The number of ether oxygens (including phenoxy) is 1. The van der Waals surface area contributed by atoms with Gasteiger partial charge in [-0.1, -0.05) is 0 Å². The summed E-state index contributed by atoms with van der Waals surface area (Å²) in [6.45, 7) is 4.45. The smallest absolute Gasteiger partial charge is 0.226 e. The lowest BCUT2D eigenvalue weighted by atomic mass is 9.70. The lowest BCUT2D eigenvalue weighted by Crippen LogP contribution is -2.47. The number of nitrogens with one attached hydrogen (secondary N) is 1. The summed E-state index contributed by atoms with van der Waals surface area (Å²) in [7, 11) is 0. The van der Waals surface area contributed by atoms with E-state index in [0.717, 1.165) is 36.3 Å². The van der Waals surface area contributed by atoms with E-state index in [0.29, 0.717) is 30.8 Å². The molecule has 2 heterocycles. The van der Waals surface area contributed by atoms with Gasteiger partial charge in [-0.3, -0.25) is 9.59 Å². The van der Waals surface area contributed by atoms with E-state index >= 15 is 0 Å². The van der Waals surface area contributed by atoms with Gasteiger partial charge in [0.05, 0.1) is 24.7 Å². The van der Waals surface area contributed by atoms with Gasteiger partial charge in [0.15, 0.2) is 0 Å². The minimum absolute atomic E-state index is 0.318. The van der Waals surface area contributed by atoms with Gasteiger partial charge in [-0.2, -0.15) is 0 Å². The highest BCUT2D eigenvalue weighted by molar-refractivity contribution is 5.85. The van der Waals surface area contributed by atoms with Gasteiger partial charge < -0.3 is 20.7 Å². The molecular weight excluding hydrogens is 373 g/mol. The van der Waals surface area contributed by atoms with Crippen LogP contribution in [-0.2, 0) is 16.0 Å². The highest BCUT2D eigenvalue weighted by Gasteiger charge is 2.45. The van der Waals surface area contributed by atoms with Crippen LogP contribution in [0.2, 0.25) is 0 Å². The number of rotatable bonds is 4. The summed E-state index contributed by atoms with van der Waals surface area (Å²) in [5.74, 6) is -0.909. The molecule has 2 unspecified atom stereocenters. The molecule has 0 aliphatic carbocycles. The molecule has 1 amide bonds. The van der Waals surface area contributed by atoms with Crippen LogP contribution in [0.3, 0.4) is 0 Å². The summed E-state index contributed by atoms with van der Waals surface area (Å²) in [5.41, 5.74) is 8.14. The maximum absolute atomic E-state index is 14.9. The van der Waals surface area contributed by atoms with Crippen molar-refractivity contribution < 1.29 is 18.7 Å². The standard InChI is InChI=1S/C22H24FN3O3/c1-22(21(24)28)12-15-10-14(13-27)2-5-19(15)25-20(22)17-11-16(3-4-18(17)23)26-6-8-29-9-7-26/h2-5,10-11,13,20,25H,6-9,12H2,1H3,(H2,24,28). The van der Waals surface area contributed by atoms with Gasteiger partial charge in [0.1, 0.15) is 12.1 Å². The molecule has 1 fully saturated rings. The predicted octanol–water partition coefficient (Wildman–Crippen LogP) is 2.68. The maximum atomic E-state index is 14.9. The molecule has 0 aromatic heterocycles. The van der Waals surface area contributed by atoms with E-state index in [1.54, 1.807) is 37.3 Å². The highest BCUT2D eigenvalue weighted by Crippen LogP contribution is 2.46. The molecule has 2 aliphatic heterocycles. The molecule has 4 rings (SSSR count). The van der Waals surface area contributed by atoms with Crippen LogP contribution in [0.5, 0.6) is 0 Å². The number of fused-ring (bicyclic) bond motifs is 1. The van der Waals surface area contributed by atoms with E-state index in [1.807, 2.05) is 0 Å². The summed E-state index contributed by atoms with van der Waals surface area (Å²) in [6, 6.07) is 9.58. The first-order chi connectivity index (χ1) is 13.9. The van der Waals surface area contributed by atoms with Crippen molar-refractivity contribution in [1.29, 1.82) is 0 Å². The Balaban J connectivity index is 1.77. The van der Waals surface area contributed by atoms with Crippen LogP contribution < -0.4 is 16.0 Å². The van der Waals surface area contributed by atoms with Crippen molar-refractivity contribution in [2.75, 3.05) is 36.5 Å². The molecule has 2 aromatic rings. The molecule has 29 heavy (non-hydrogen) atoms. The molecule has 0 saturated carbocycles. The van der Waals surface area contributed by atoms with E-state index in [1.165, 1.54) is 6.07 Å². The van der Waals surface area contributed by atoms with Crippen molar-refractivity contribution in [1.82, 2.24) is 0 Å². The number of hydrogen-bond donors (Lipinski definition) is 2. The SMILES string of the molecule is CC1(C(N)=O)Cc2cc(C=O)ccc2NC1c1cc(N2CCOCC2)ccc1F. The molecular formula is C22H24FN3O3. The zero-order valence-electron chi connectivity index (χ0n) is 16.3. The zero-order chi connectivity index (χ0) is 20.6. The van der Waals surface area contributed by atoms with Crippen molar-refractivity contribution in [3.05, 3.63) is 58.9 Å². The van der Waals surface area contributed by atoms with Gasteiger partial charge >= 0.3 is 0 Å². The molecule has 2 aliphatic rings. The van der Waals surface area contributed by atoms with E-state index in [-0.39, 0.29) is 5.82 Å². The average Bonchev–Trinajstić information content (AvgIpc) is 2.74. The molecule has 0 bridgehead atoms. The van der Waals surface area contributed by atoms with Gasteiger partial charge in [-0.15, -0.1) is 0 Å². The third kappa shape index (κ3) is 3.46. The second kappa shape index (κ2) is 7.48. The molecule has 7 heteroatoms. The second-order valence-corrected chi connectivity index (χ2v) is 7.88. The van der Waals surface area contributed by atoms with Crippen LogP contribution in [0, 0.1) is 11.2 Å². The van der Waals surface area contributed by atoms with Crippen LogP contribution in [0.15, 0.2) is 36.4 Å². The number of nitrogens with zero attached hydrogens (tertiary/aromatic N) is 1. The molecule has 3 N–H and O–H groups in total. The fourth-order valence-electron chi connectivity index (χ4n) is 4.21. The Bertz CT molecular complexity index is 958. The topological polar surface area (TPSA) is 84.7 Å². The van der Waals surface area contributed by atoms with Gasteiger partial charge in [0.2, 0.25) is 5.91 Å². The average molecular weight is 397 g/mol. The first-order valence-electron chi connectivity index (χ1n) is 9.69. The van der Waals surface area contributed by atoms with E-state index in [4.69, 9.17) is 10.5 Å². The number of anilines is 2. The van der Waals surface area contributed by atoms with Crippen LogP contribution in [0.25, 0.3) is 0 Å². The minimum Gasteiger partial charge on any atom is -0.378 e. The van der Waals surface area contributed by atoms with Crippen LogP contribution in [-0.4, -0.2) is 38.5 Å². The molecule has 6 nitrogen and oxygen atoms in total. The Hall–Kier alpha value is -2.93. The first-order valence-corrected chi connectivity index (χ1v) is 9.69. The van der Waals surface area contributed by atoms with Crippen molar-refractivity contribution in [3.8, 4) is 0 Å². The first kappa shape index (κ1) is 19.4. The summed E-state index contributed by atoms with van der Waals surface area (Å²) >= 11 is 0. The van der Waals surface area contributed by atoms with Crippen LogP contribution in [0.4, 0.5) is 15.8 Å². The van der Waals surface area contributed by atoms with Crippen LogP contribution >= 0.6 is 0 Å². The third-order valence-electron chi connectivity index (χ3n) is 5.99. The summed E-state index contributed by atoms with van der Waals surface area (Å²) in [6.07, 6.45) is 1.08. The molecule has 2 atom stereocenters. The highest BCUT2D eigenvalue weighted by atomic mass is 19.1. The number of morpholine rings is 1. The zero-order valence-corrected chi connectivity index (χ0v) is 16.3. The number of amides is 1. The Morgan fingerprint density at radius 1 is 1.28 bits per heavy atom. The summed E-state index contributed by atoms with van der Waals surface area (Å²) in [5, 5.41) is 3.31.